The first-order valence-corrected chi connectivity index (χ1v) is 10.1. The Balaban J connectivity index is 1.64. The van der Waals surface area contributed by atoms with Crippen LogP contribution in [0.4, 0.5) is 5.69 Å². The number of para-hydroxylation sites is 1. The van der Waals surface area contributed by atoms with Gasteiger partial charge in [0, 0.05) is 17.1 Å². The van der Waals surface area contributed by atoms with Crippen LogP contribution < -0.4 is 5.32 Å². The van der Waals surface area contributed by atoms with Crippen LogP contribution in [0.3, 0.4) is 0 Å². The molecule has 0 spiro atoms. The first-order valence-electron chi connectivity index (χ1n) is 8.40. The van der Waals surface area contributed by atoms with Gasteiger partial charge < -0.3 is 9.88 Å². The smallest absolute Gasteiger partial charge is 0.191 e. The van der Waals surface area contributed by atoms with Crippen LogP contribution >= 0.6 is 35.0 Å². The molecule has 8 heteroatoms. The van der Waals surface area contributed by atoms with Crippen molar-refractivity contribution in [3.05, 3.63) is 70.0 Å². The summed E-state index contributed by atoms with van der Waals surface area (Å²) in [5, 5.41) is 13.7. The monoisotopic (exact) mass is 420 g/mol. The highest BCUT2D eigenvalue weighted by Crippen LogP contribution is 2.23. The van der Waals surface area contributed by atoms with E-state index in [4.69, 9.17) is 23.2 Å². The van der Waals surface area contributed by atoms with Crippen molar-refractivity contribution in [1.29, 1.82) is 0 Å². The first kappa shape index (κ1) is 19.7. The summed E-state index contributed by atoms with van der Waals surface area (Å²) >= 11 is 13.4. The number of anilines is 1. The lowest BCUT2D eigenvalue weighted by molar-refractivity contribution is 0.102. The SMILES string of the molecule is CCn1c(CNc2ccccc2Cl)nnc1SCC(=O)c1ccc(Cl)cc1. The molecule has 3 aromatic rings. The van der Waals surface area contributed by atoms with Crippen molar-refractivity contribution in [2.24, 2.45) is 0 Å². The zero-order valence-electron chi connectivity index (χ0n) is 14.7. The normalized spacial score (nSPS) is 10.8. The van der Waals surface area contributed by atoms with Gasteiger partial charge in [-0.1, -0.05) is 47.1 Å². The Morgan fingerprint density at radius 3 is 2.56 bits per heavy atom. The van der Waals surface area contributed by atoms with Gasteiger partial charge in [-0.15, -0.1) is 10.2 Å². The minimum Gasteiger partial charge on any atom is -0.377 e. The van der Waals surface area contributed by atoms with Gasteiger partial charge in [0.2, 0.25) is 0 Å². The topological polar surface area (TPSA) is 59.8 Å². The average Bonchev–Trinajstić information content (AvgIpc) is 3.08. The maximum Gasteiger partial charge on any atom is 0.191 e. The Labute approximate surface area is 172 Å². The second kappa shape index (κ2) is 9.26. The molecule has 1 heterocycles. The van der Waals surface area contributed by atoms with E-state index in [0.717, 1.165) is 16.7 Å². The molecule has 0 amide bonds. The van der Waals surface area contributed by atoms with Crippen molar-refractivity contribution >= 4 is 46.4 Å². The van der Waals surface area contributed by atoms with Crippen molar-refractivity contribution in [3.63, 3.8) is 0 Å². The summed E-state index contributed by atoms with van der Waals surface area (Å²) in [6, 6.07) is 14.4. The fraction of sp³-hybridized carbons (Fsp3) is 0.211. The van der Waals surface area contributed by atoms with Crippen molar-refractivity contribution in [2.45, 2.75) is 25.2 Å². The first-order chi connectivity index (χ1) is 13.1. The number of Topliss-reactive ketones (excluding diaryl/α,β-unsaturated/α-hetero) is 1. The fourth-order valence-electron chi connectivity index (χ4n) is 2.50. The zero-order chi connectivity index (χ0) is 19.2. The molecule has 0 aliphatic heterocycles. The van der Waals surface area contributed by atoms with Crippen LogP contribution in [0, 0.1) is 0 Å². The fourth-order valence-corrected chi connectivity index (χ4v) is 3.75. The van der Waals surface area contributed by atoms with Crippen LogP contribution in [0.1, 0.15) is 23.1 Å². The number of carbonyl (C=O) groups excluding carboxylic acids is 1. The predicted octanol–water partition coefficient (Wildman–Crippen LogP) is 5.19. The summed E-state index contributed by atoms with van der Waals surface area (Å²) in [5.41, 5.74) is 1.48. The van der Waals surface area contributed by atoms with Gasteiger partial charge in [-0.3, -0.25) is 4.79 Å². The molecule has 0 bridgehead atoms. The van der Waals surface area contributed by atoms with Crippen molar-refractivity contribution < 1.29 is 4.79 Å². The number of halogens is 2. The molecule has 0 aliphatic carbocycles. The largest absolute Gasteiger partial charge is 0.377 e. The number of aromatic nitrogens is 3. The average molecular weight is 421 g/mol. The van der Waals surface area contributed by atoms with Crippen LogP contribution in [0.5, 0.6) is 0 Å². The van der Waals surface area contributed by atoms with E-state index in [0.29, 0.717) is 28.7 Å². The van der Waals surface area contributed by atoms with Crippen LogP contribution in [0.25, 0.3) is 0 Å². The number of thioether (sulfide) groups is 1. The summed E-state index contributed by atoms with van der Waals surface area (Å²) in [6.07, 6.45) is 0. The van der Waals surface area contributed by atoms with Gasteiger partial charge >= 0.3 is 0 Å². The molecule has 1 aromatic heterocycles. The van der Waals surface area contributed by atoms with Gasteiger partial charge in [-0.05, 0) is 43.3 Å². The quantitative estimate of drug-likeness (QED) is 0.401. The Bertz CT molecular complexity index is 928. The van der Waals surface area contributed by atoms with E-state index in [2.05, 4.69) is 15.5 Å². The second-order valence-electron chi connectivity index (χ2n) is 5.70. The zero-order valence-corrected chi connectivity index (χ0v) is 17.0. The number of rotatable bonds is 8. The Hall–Kier alpha value is -2.02. The molecular weight excluding hydrogens is 403 g/mol. The number of hydrogen-bond acceptors (Lipinski definition) is 5. The molecule has 0 aliphatic rings. The molecule has 5 nitrogen and oxygen atoms in total. The Morgan fingerprint density at radius 1 is 1.11 bits per heavy atom. The van der Waals surface area contributed by atoms with E-state index >= 15 is 0 Å². The van der Waals surface area contributed by atoms with Crippen molar-refractivity contribution in [3.8, 4) is 0 Å². The van der Waals surface area contributed by atoms with Crippen LogP contribution in [-0.2, 0) is 13.1 Å². The highest BCUT2D eigenvalue weighted by atomic mass is 35.5. The van der Waals surface area contributed by atoms with E-state index in [1.165, 1.54) is 11.8 Å². The maximum atomic E-state index is 12.3. The minimum atomic E-state index is 0.0260. The molecule has 1 N–H and O–H groups in total. The number of nitrogens with zero attached hydrogens (tertiary/aromatic N) is 3. The Kier molecular flexibility index (Phi) is 6.77. The van der Waals surface area contributed by atoms with E-state index in [-0.39, 0.29) is 11.5 Å². The van der Waals surface area contributed by atoms with E-state index < -0.39 is 0 Å². The van der Waals surface area contributed by atoms with Crippen molar-refractivity contribution in [2.75, 3.05) is 11.1 Å². The van der Waals surface area contributed by atoms with Gasteiger partial charge in [-0.25, -0.2) is 0 Å². The van der Waals surface area contributed by atoms with Crippen LogP contribution in [-0.4, -0.2) is 26.3 Å². The molecule has 27 heavy (non-hydrogen) atoms. The summed E-state index contributed by atoms with van der Waals surface area (Å²) in [5.74, 6) is 1.11. The molecule has 2 aromatic carbocycles. The van der Waals surface area contributed by atoms with E-state index in [1.54, 1.807) is 24.3 Å². The molecular formula is C19H18Cl2N4OS. The molecule has 0 saturated carbocycles. The number of benzene rings is 2. The third-order valence-corrected chi connectivity index (χ3v) is 5.47. The number of nitrogens with one attached hydrogen (secondary N) is 1. The van der Waals surface area contributed by atoms with Gasteiger partial charge in [0.05, 0.1) is 23.0 Å². The van der Waals surface area contributed by atoms with Gasteiger partial charge in [0.1, 0.15) is 0 Å². The third kappa shape index (κ3) is 5.03. The second-order valence-corrected chi connectivity index (χ2v) is 7.48. The summed E-state index contributed by atoms with van der Waals surface area (Å²) in [4.78, 5) is 12.3. The lowest BCUT2D eigenvalue weighted by atomic mass is 10.1. The van der Waals surface area contributed by atoms with Gasteiger partial charge in [0.15, 0.2) is 16.8 Å². The van der Waals surface area contributed by atoms with Gasteiger partial charge in [-0.2, -0.15) is 0 Å². The maximum absolute atomic E-state index is 12.3. The van der Waals surface area contributed by atoms with E-state index in [1.807, 2.05) is 35.8 Å². The highest BCUT2D eigenvalue weighted by Gasteiger charge is 2.14. The van der Waals surface area contributed by atoms with Crippen molar-refractivity contribution in [1.82, 2.24) is 14.8 Å². The van der Waals surface area contributed by atoms with Crippen LogP contribution in [0.15, 0.2) is 53.7 Å². The summed E-state index contributed by atoms with van der Waals surface area (Å²) in [6.45, 7) is 3.23. The highest BCUT2D eigenvalue weighted by molar-refractivity contribution is 7.99. The molecule has 0 atom stereocenters. The third-order valence-electron chi connectivity index (χ3n) is 3.92. The summed E-state index contributed by atoms with van der Waals surface area (Å²) < 4.78 is 1.99. The molecule has 3 rings (SSSR count). The number of carbonyl (C=O) groups is 1. The molecule has 0 saturated heterocycles. The lowest BCUT2D eigenvalue weighted by Gasteiger charge is -2.10. The number of ketones is 1. The molecule has 0 unspecified atom stereocenters. The molecule has 0 radical (unpaired) electrons. The summed E-state index contributed by atoms with van der Waals surface area (Å²) in [7, 11) is 0. The number of hydrogen-bond donors (Lipinski definition) is 1. The standard InChI is InChI=1S/C19H18Cl2N4OS/c1-2-25-18(11-22-16-6-4-3-5-15(16)21)23-24-19(25)27-12-17(26)13-7-9-14(20)10-8-13/h3-10,22H,2,11-12H2,1H3. The lowest BCUT2D eigenvalue weighted by Crippen LogP contribution is -2.10. The predicted molar refractivity (Wildman–Crippen MR) is 111 cm³/mol. The minimum absolute atomic E-state index is 0.0260. The van der Waals surface area contributed by atoms with Crippen LogP contribution in [0.2, 0.25) is 10.0 Å². The van der Waals surface area contributed by atoms with Gasteiger partial charge in [0.25, 0.3) is 0 Å². The van der Waals surface area contributed by atoms with E-state index in [9.17, 15) is 4.79 Å². The Morgan fingerprint density at radius 2 is 1.85 bits per heavy atom. The molecule has 140 valence electrons. The molecule has 0 fully saturated rings.